The first kappa shape index (κ1) is 17.5. The van der Waals surface area contributed by atoms with E-state index in [4.69, 9.17) is 4.52 Å². The van der Waals surface area contributed by atoms with Gasteiger partial charge in [0.2, 0.25) is 0 Å². The van der Waals surface area contributed by atoms with Crippen LogP contribution >= 0.6 is 0 Å². The summed E-state index contributed by atoms with van der Waals surface area (Å²) in [5.41, 5.74) is 4.72. The van der Waals surface area contributed by atoms with Gasteiger partial charge in [-0.3, -0.25) is 9.69 Å². The fourth-order valence-corrected chi connectivity index (χ4v) is 3.72. The van der Waals surface area contributed by atoms with Gasteiger partial charge >= 0.3 is 0 Å². The van der Waals surface area contributed by atoms with E-state index in [1.807, 2.05) is 37.4 Å². The number of hydrogen-bond donors (Lipinski definition) is 0. The van der Waals surface area contributed by atoms with Crippen molar-refractivity contribution in [1.82, 2.24) is 15.0 Å². The smallest absolute Gasteiger partial charge is 0.259 e. The second-order valence-corrected chi connectivity index (χ2v) is 7.17. The molecule has 1 aliphatic heterocycles. The molecule has 0 bridgehead atoms. The Morgan fingerprint density at radius 3 is 2.63 bits per heavy atom. The molecule has 0 saturated heterocycles. The molecule has 2 heterocycles. The zero-order valence-corrected chi connectivity index (χ0v) is 15.6. The van der Waals surface area contributed by atoms with Crippen molar-refractivity contribution in [3.05, 3.63) is 77.6 Å². The predicted octanol–water partition coefficient (Wildman–Crippen LogP) is 3.47. The van der Waals surface area contributed by atoms with Crippen LogP contribution in [0.25, 0.3) is 11.3 Å². The highest BCUT2D eigenvalue weighted by atomic mass is 16.5. The normalized spacial score (nSPS) is 16.7. The van der Waals surface area contributed by atoms with Gasteiger partial charge in [0, 0.05) is 31.7 Å². The van der Waals surface area contributed by atoms with Crippen LogP contribution in [0.15, 0.2) is 65.4 Å². The van der Waals surface area contributed by atoms with Crippen LogP contribution in [0.1, 0.15) is 21.5 Å². The summed E-state index contributed by atoms with van der Waals surface area (Å²) in [6.07, 6.45) is 2.39. The summed E-state index contributed by atoms with van der Waals surface area (Å²) < 4.78 is 5.12. The molecular formula is C22H23N3O2. The second kappa shape index (κ2) is 7.37. The molecule has 1 unspecified atom stereocenters. The van der Waals surface area contributed by atoms with E-state index in [0.29, 0.717) is 17.8 Å². The van der Waals surface area contributed by atoms with Crippen LogP contribution in [0.2, 0.25) is 0 Å². The number of benzene rings is 2. The first-order valence-electron chi connectivity index (χ1n) is 9.16. The molecule has 0 radical (unpaired) electrons. The number of rotatable bonds is 4. The molecule has 0 aliphatic carbocycles. The van der Waals surface area contributed by atoms with Gasteiger partial charge in [-0.25, -0.2) is 0 Å². The van der Waals surface area contributed by atoms with Crippen LogP contribution < -0.4 is 0 Å². The lowest BCUT2D eigenvalue weighted by molar-refractivity contribution is 0.0733. The Hall–Kier alpha value is -2.92. The third-order valence-electron chi connectivity index (χ3n) is 5.30. The van der Waals surface area contributed by atoms with Crippen LogP contribution in [0, 0.1) is 0 Å². The van der Waals surface area contributed by atoms with E-state index in [-0.39, 0.29) is 11.9 Å². The summed E-state index contributed by atoms with van der Waals surface area (Å²) in [5.74, 6) is -0.0673. The number of amides is 1. The highest BCUT2D eigenvalue weighted by molar-refractivity contribution is 5.99. The molecule has 1 aromatic heterocycles. The predicted molar refractivity (Wildman–Crippen MR) is 104 cm³/mol. The number of nitrogens with zero attached hydrogens (tertiary/aromatic N) is 3. The third kappa shape index (κ3) is 3.51. The van der Waals surface area contributed by atoms with Crippen molar-refractivity contribution in [2.75, 3.05) is 20.6 Å². The van der Waals surface area contributed by atoms with Crippen molar-refractivity contribution in [3.63, 3.8) is 0 Å². The maximum Gasteiger partial charge on any atom is 0.259 e. The Balaban J connectivity index is 1.50. The van der Waals surface area contributed by atoms with Crippen LogP contribution in [0.5, 0.6) is 0 Å². The molecule has 138 valence electrons. The molecule has 0 spiro atoms. The standard InChI is InChI=1S/C22H23N3O2/c1-24-13-18-11-7-6-10-17(18)12-19(24)14-25(2)22(26)20-15-27-23-21(20)16-8-4-3-5-9-16/h3-11,15,19H,12-14H2,1-2H3. The van der Waals surface area contributed by atoms with E-state index >= 15 is 0 Å². The SMILES string of the molecule is CN(CC1Cc2ccccc2CN1C)C(=O)c1conc1-c1ccccc1. The lowest BCUT2D eigenvalue weighted by Crippen LogP contribution is -2.46. The first-order chi connectivity index (χ1) is 13.1. The number of likely N-dealkylation sites (N-methyl/N-ethyl adjacent to an activating group) is 2. The van der Waals surface area contributed by atoms with Crippen molar-refractivity contribution in [2.45, 2.75) is 19.0 Å². The number of carbonyl (C=O) groups is 1. The Morgan fingerprint density at radius 1 is 1.15 bits per heavy atom. The lowest BCUT2D eigenvalue weighted by atomic mass is 9.94. The molecule has 3 aromatic rings. The van der Waals surface area contributed by atoms with Gasteiger partial charge in [-0.05, 0) is 24.6 Å². The van der Waals surface area contributed by atoms with Crippen molar-refractivity contribution in [3.8, 4) is 11.3 Å². The molecule has 5 heteroatoms. The Morgan fingerprint density at radius 2 is 1.85 bits per heavy atom. The van der Waals surface area contributed by atoms with Gasteiger partial charge in [0.15, 0.2) is 0 Å². The summed E-state index contributed by atoms with van der Waals surface area (Å²) in [6.45, 7) is 1.56. The van der Waals surface area contributed by atoms with Crippen LogP contribution in [-0.2, 0) is 13.0 Å². The van der Waals surface area contributed by atoms with Gasteiger partial charge in [0.05, 0.1) is 0 Å². The highest BCUT2D eigenvalue weighted by Gasteiger charge is 2.27. The number of fused-ring (bicyclic) bond motifs is 1. The largest absolute Gasteiger partial charge is 0.363 e. The van der Waals surface area contributed by atoms with Crippen LogP contribution in [0.4, 0.5) is 0 Å². The maximum atomic E-state index is 13.0. The monoisotopic (exact) mass is 361 g/mol. The van der Waals surface area contributed by atoms with E-state index < -0.39 is 0 Å². The van der Waals surface area contributed by atoms with Crippen LogP contribution in [-0.4, -0.2) is 47.5 Å². The van der Waals surface area contributed by atoms with Gasteiger partial charge in [0.1, 0.15) is 17.5 Å². The summed E-state index contributed by atoms with van der Waals surface area (Å²) in [5, 5.41) is 4.05. The molecule has 1 amide bonds. The quantitative estimate of drug-likeness (QED) is 0.714. The minimum Gasteiger partial charge on any atom is -0.363 e. The second-order valence-electron chi connectivity index (χ2n) is 7.17. The lowest BCUT2D eigenvalue weighted by Gasteiger charge is -2.36. The van der Waals surface area contributed by atoms with Gasteiger partial charge in [-0.2, -0.15) is 0 Å². The zero-order valence-electron chi connectivity index (χ0n) is 15.6. The minimum atomic E-state index is -0.0673. The third-order valence-corrected chi connectivity index (χ3v) is 5.30. The van der Waals surface area contributed by atoms with Gasteiger partial charge < -0.3 is 9.42 Å². The molecular weight excluding hydrogens is 338 g/mol. The molecule has 0 N–H and O–H groups in total. The maximum absolute atomic E-state index is 13.0. The molecule has 27 heavy (non-hydrogen) atoms. The van der Waals surface area contributed by atoms with E-state index in [9.17, 15) is 4.79 Å². The molecule has 2 aromatic carbocycles. The molecule has 0 saturated carbocycles. The fraction of sp³-hybridized carbons (Fsp3) is 0.273. The minimum absolute atomic E-state index is 0.0673. The van der Waals surface area contributed by atoms with Crippen molar-refractivity contribution in [2.24, 2.45) is 0 Å². The van der Waals surface area contributed by atoms with E-state index in [2.05, 4.69) is 41.4 Å². The molecule has 1 atom stereocenters. The number of aromatic nitrogens is 1. The summed E-state index contributed by atoms with van der Waals surface area (Å²) >= 11 is 0. The van der Waals surface area contributed by atoms with Gasteiger partial charge in [-0.15, -0.1) is 0 Å². The molecule has 5 nitrogen and oxygen atoms in total. The van der Waals surface area contributed by atoms with Gasteiger partial charge in [-0.1, -0.05) is 59.8 Å². The first-order valence-corrected chi connectivity index (χ1v) is 9.16. The molecule has 4 rings (SSSR count). The van der Waals surface area contributed by atoms with Crippen LogP contribution in [0.3, 0.4) is 0 Å². The fourth-order valence-electron chi connectivity index (χ4n) is 3.72. The Labute approximate surface area is 159 Å². The zero-order chi connectivity index (χ0) is 18.8. The molecule has 1 aliphatic rings. The average Bonchev–Trinajstić information content (AvgIpc) is 3.18. The van der Waals surface area contributed by atoms with E-state index in [0.717, 1.165) is 18.5 Å². The van der Waals surface area contributed by atoms with E-state index in [1.54, 1.807) is 4.90 Å². The van der Waals surface area contributed by atoms with E-state index in [1.165, 1.54) is 17.4 Å². The molecule has 0 fully saturated rings. The van der Waals surface area contributed by atoms with Crippen molar-refractivity contribution < 1.29 is 9.32 Å². The van der Waals surface area contributed by atoms with Gasteiger partial charge in [0.25, 0.3) is 5.91 Å². The topological polar surface area (TPSA) is 49.6 Å². The summed E-state index contributed by atoms with van der Waals surface area (Å²) in [7, 11) is 3.96. The number of hydrogen-bond acceptors (Lipinski definition) is 4. The summed E-state index contributed by atoms with van der Waals surface area (Å²) in [4.78, 5) is 17.1. The average molecular weight is 361 g/mol. The Bertz CT molecular complexity index is 935. The Kier molecular flexibility index (Phi) is 4.77. The van der Waals surface area contributed by atoms with Crippen molar-refractivity contribution >= 4 is 5.91 Å². The van der Waals surface area contributed by atoms with Crippen molar-refractivity contribution in [1.29, 1.82) is 0 Å². The summed E-state index contributed by atoms with van der Waals surface area (Å²) in [6, 6.07) is 18.5. The highest BCUT2D eigenvalue weighted by Crippen LogP contribution is 2.25. The number of carbonyl (C=O) groups excluding carboxylic acids is 1.